The van der Waals surface area contributed by atoms with Gasteiger partial charge in [0.25, 0.3) is 0 Å². The molecule has 5 nitrogen and oxygen atoms in total. The van der Waals surface area contributed by atoms with Crippen molar-refractivity contribution >= 4 is 11.9 Å². The van der Waals surface area contributed by atoms with Crippen molar-refractivity contribution in [3.05, 3.63) is 0 Å². The highest BCUT2D eigenvalue weighted by atomic mass is 16.6. The van der Waals surface area contributed by atoms with E-state index in [2.05, 4.69) is 0 Å². The van der Waals surface area contributed by atoms with E-state index < -0.39 is 22.6 Å². The molecule has 3 rings (SSSR count). The molecule has 0 spiro atoms. The summed E-state index contributed by atoms with van der Waals surface area (Å²) in [6.45, 7) is 5.54. The predicted molar refractivity (Wildman–Crippen MR) is 53.8 cm³/mol. The van der Waals surface area contributed by atoms with Crippen molar-refractivity contribution in [3.63, 3.8) is 0 Å². The number of ether oxygens (including phenoxy) is 2. The van der Waals surface area contributed by atoms with Gasteiger partial charge in [-0.2, -0.15) is 0 Å². The number of hydrogen-bond acceptors (Lipinski definition) is 4. The van der Waals surface area contributed by atoms with Gasteiger partial charge >= 0.3 is 11.9 Å². The largest absolute Gasteiger partial charge is 0.479 e. The van der Waals surface area contributed by atoms with Gasteiger partial charge in [-0.05, 0) is 20.8 Å². The van der Waals surface area contributed by atoms with Crippen LogP contribution in [0.5, 0.6) is 0 Å². The lowest BCUT2D eigenvalue weighted by molar-refractivity contribution is -0.171. The van der Waals surface area contributed by atoms with Crippen molar-refractivity contribution in [2.24, 2.45) is 5.41 Å². The van der Waals surface area contributed by atoms with Crippen molar-refractivity contribution in [2.45, 2.75) is 44.8 Å². The van der Waals surface area contributed by atoms with E-state index in [0.717, 1.165) is 0 Å². The van der Waals surface area contributed by atoms with Gasteiger partial charge in [-0.1, -0.05) is 0 Å². The van der Waals surface area contributed by atoms with E-state index in [1.807, 2.05) is 0 Å². The van der Waals surface area contributed by atoms with Crippen LogP contribution in [0.15, 0.2) is 0 Å². The number of carboxylic acid groups (broad SMARTS) is 1. The fourth-order valence-electron chi connectivity index (χ4n) is 2.86. The van der Waals surface area contributed by atoms with Crippen molar-refractivity contribution in [2.75, 3.05) is 6.61 Å². The first kappa shape index (κ1) is 11.4. The number of hydrogen-bond donors (Lipinski definition) is 1. The van der Waals surface area contributed by atoms with Gasteiger partial charge in [0.1, 0.15) is 5.41 Å². The monoisotopic (exact) mass is 228 g/mol. The number of carbonyl (C=O) groups excluding carboxylic acids is 1. The SMILES string of the molecule is CCOC(=O)C12CC(C(=O)O)(C1)OC2(C)C. The zero-order valence-corrected chi connectivity index (χ0v) is 9.70. The highest BCUT2D eigenvalue weighted by Gasteiger charge is 2.78. The van der Waals surface area contributed by atoms with Crippen molar-refractivity contribution in [1.29, 1.82) is 0 Å². The van der Waals surface area contributed by atoms with Crippen molar-refractivity contribution in [1.82, 2.24) is 0 Å². The Balaban J connectivity index is 2.27. The topological polar surface area (TPSA) is 72.8 Å². The lowest BCUT2D eigenvalue weighted by Gasteiger charge is -2.42. The van der Waals surface area contributed by atoms with E-state index in [-0.39, 0.29) is 18.8 Å². The molecule has 1 aliphatic carbocycles. The third kappa shape index (κ3) is 1.09. The van der Waals surface area contributed by atoms with Gasteiger partial charge in [-0.3, -0.25) is 4.79 Å². The van der Waals surface area contributed by atoms with Crippen LogP contribution in [0.25, 0.3) is 0 Å². The summed E-state index contributed by atoms with van der Waals surface area (Å²) in [6, 6.07) is 0. The van der Waals surface area contributed by atoms with Crippen molar-refractivity contribution in [3.8, 4) is 0 Å². The van der Waals surface area contributed by atoms with Crippen LogP contribution in [-0.2, 0) is 19.1 Å². The first-order valence-electron chi connectivity index (χ1n) is 5.40. The van der Waals surface area contributed by atoms with E-state index in [4.69, 9.17) is 14.6 Å². The molecular formula is C11H16O5. The van der Waals surface area contributed by atoms with Crippen LogP contribution in [0.3, 0.4) is 0 Å². The molecule has 3 aliphatic rings. The summed E-state index contributed by atoms with van der Waals surface area (Å²) in [6.07, 6.45) is 0.447. The number of fused-ring (bicyclic) bond motifs is 1. The number of aliphatic carboxylic acids is 1. The van der Waals surface area contributed by atoms with Crippen LogP contribution in [-0.4, -0.2) is 34.9 Å². The van der Waals surface area contributed by atoms with Crippen LogP contribution < -0.4 is 0 Å². The molecule has 3 fully saturated rings. The van der Waals surface area contributed by atoms with E-state index in [9.17, 15) is 9.59 Å². The minimum absolute atomic E-state index is 0.223. The summed E-state index contributed by atoms with van der Waals surface area (Å²) in [5.41, 5.74) is -2.71. The second-order valence-electron chi connectivity index (χ2n) is 5.07. The Kier molecular flexibility index (Phi) is 2.11. The molecule has 2 heterocycles. The smallest absolute Gasteiger partial charge is 0.336 e. The van der Waals surface area contributed by atoms with Gasteiger partial charge in [0, 0.05) is 12.8 Å². The Morgan fingerprint density at radius 2 is 1.94 bits per heavy atom. The molecule has 0 aromatic carbocycles. The second-order valence-corrected chi connectivity index (χ2v) is 5.07. The fourth-order valence-corrected chi connectivity index (χ4v) is 2.86. The van der Waals surface area contributed by atoms with E-state index in [1.54, 1.807) is 20.8 Å². The summed E-state index contributed by atoms with van der Waals surface area (Å²) in [4.78, 5) is 23.0. The average Bonchev–Trinajstić information content (AvgIpc) is 2.46. The maximum Gasteiger partial charge on any atom is 0.336 e. The number of carboxylic acids is 1. The first-order chi connectivity index (χ1) is 7.30. The minimum atomic E-state index is -1.17. The molecule has 2 aliphatic heterocycles. The van der Waals surface area contributed by atoms with E-state index in [1.165, 1.54) is 0 Å². The minimum Gasteiger partial charge on any atom is -0.479 e. The van der Waals surface area contributed by atoms with Crippen LogP contribution >= 0.6 is 0 Å². The molecule has 0 atom stereocenters. The molecular weight excluding hydrogens is 212 g/mol. The highest BCUT2D eigenvalue weighted by Crippen LogP contribution is 2.67. The van der Waals surface area contributed by atoms with Gasteiger partial charge in [-0.15, -0.1) is 0 Å². The van der Waals surface area contributed by atoms with Gasteiger partial charge < -0.3 is 14.6 Å². The lowest BCUT2D eigenvalue weighted by Crippen LogP contribution is -2.56. The maximum absolute atomic E-state index is 11.9. The molecule has 16 heavy (non-hydrogen) atoms. The Hall–Kier alpha value is -1.10. The number of carbonyl (C=O) groups is 2. The third-order valence-electron chi connectivity index (χ3n) is 3.83. The standard InChI is InChI=1S/C11H16O5/c1-4-15-8(14)10-5-11(6-10,7(12)13)16-9(10,2)3/h4-6H2,1-3H3,(H,12,13). The summed E-state index contributed by atoms with van der Waals surface area (Å²) in [7, 11) is 0. The molecule has 2 bridgehead atoms. The van der Waals surface area contributed by atoms with E-state index >= 15 is 0 Å². The summed E-state index contributed by atoms with van der Waals surface area (Å²) >= 11 is 0. The molecule has 90 valence electrons. The van der Waals surface area contributed by atoms with Crippen LogP contribution in [0.4, 0.5) is 0 Å². The quantitative estimate of drug-likeness (QED) is 0.728. The van der Waals surface area contributed by atoms with Crippen LogP contribution in [0.2, 0.25) is 0 Å². The highest BCUT2D eigenvalue weighted by molar-refractivity contribution is 5.89. The van der Waals surface area contributed by atoms with Crippen LogP contribution in [0.1, 0.15) is 33.6 Å². The summed E-state index contributed by atoms with van der Waals surface area (Å²) < 4.78 is 10.6. The number of rotatable bonds is 3. The Bertz CT molecular complexity index is 351. The fraction of sp³-hybridized carbons (Fsp3) is 0.818. The van der Waals surface area contributed by atoms with E-state index in [0.29, 0.717) is 6.61 Å². The summed E-state index contributed by atoms with van der Waals surface area (Å²) in [5, 5.41) is 9.09. The van der Waals surface area contributed by atoms with Gasteiger partial charge in [0.05, 0.1) is 12.2 Å². The zero-order valence-electron chi connectivity index (χ0n) is 9.70. The molecule has 0 amide bonds. The van der Waals surface area contributed by atoms with Crippen LogP contribution in [0, 0.1) is 5.41 Å². The predicted octanol–water partition coefficient (Wildman–Crippen LogP) is 0.962. The Morgan fingerprint density at radius 3 is 2.31 bits per heavy atom. The third-order valence-corrected chi connectivity index (χ3v) is 3.83. The first-order valence-corrected chi connectivity index (χ1v) is 5.40. The zero-order chi connectivity index (χ0) is 12.2. The molecule has 0 aromatic heterocycles. The van der Waals surface area contributed by atoms with Gasteiger partial charge in [0.15, 0.2) is 5.60 Å². The molecule has 0 radical (unpaired) electrons. The van der Waals surface area contributed by atoms with Gasteiger partial charge in [-0.25, -0.2) is 4.79 Å². The Morgan fingerprint density at radius 1 is 1.38 bits per heavy atom. The Labute approximate surface area is 93.7 Å². The maximum atomic E-state index is 11.9. The molecule has 5 heteroatoms. The molecule has 1 N–H and O–H groups in total. The summed E-state index contributed by atoms with van der Waals surface area (Å²) in [5.74, 6) is -1.33. The molecule has 0 aromatic rings. The normalized spacial score (nSPS) is 38.9. The average molecular weight is 228 g/mol. The molecule has 2 saturated heterocycles. The lowest BCUT2D eigenvalue weighted by atomic mass is 9.56. The molecule has 1 saturated carbocycles. The number of esters is 1. The van der Waals surface area contributed by atoms with Crippen molar-refractivity contribution < 1.29 is 24.2 Å². The van der Waals surface area contributed by atoms with Gasteiger partial charge in [0.2, 0.25) is 0 Å². The molecule has 0 unspecified atom stereocenters. The second kappa shape index (κ2) is 2.97.